The van der Waals surface area contributed by atoms with Gasteiger partial charge in [0.25, 0.3) is 0 Å². The Morgan fingerprint density at radius 2 is 2.10 bits per heavy atom. The molecule has 4 heteroatoms. The molecular weight excluding hydrogens is 252 g/mol. The number of nitrogens with zero attached hydrogens (tertiary/aromatic N) is 1. The Bertz CT molecular complexity index is 537. The average Bonchev–Trinajstić information content (AvgIpc) is 2.87. The van der Waals surface area contributed by atoms with Gasteiger partial charge in [0, 0.05) is 11.8 Å². The van der Waals surface area contributed by atoms with Crippen LogP contribution in [0.15, 0.2) is 35.2 Å². The minimum absolute atomic E-state index is 0.0836. The second-order valence-electron chi connectivity index (χ2n) is 4.76. The van der Waals surface area contributed by atoms with E-state index in [-0.39, 0.29) is 6.04 Å². The molecule has 20 heavy (non-hydrogen) atoms. The first kappa shape index (κ1) is 14.6. The Kier molecular flexibility index (Phi) is 5.18. The smallest absolute Gasteiger partial charge is 0.137 e. The minimum atomic E-state index is 0.0836. The van der Waals surface area contributed by atoms with Gasteiger partial charge in [0.2, 0.25) is 0 Å². The van der Waals surface area contributed by atoms with Crippen LogP contribution in [0, 0.1) is 6.92 Å². The van der Waals surface area contributed by atoms with Crippen LogP contribution in [0.3, 0.4) is 0 Å². The number of furan rings is 1. The molecule has 0 fully saturated rings. The fourth-order valence-electron chi connectivity index (χ4n) is 2.17. The van der Waals surface area contributed by atoms with Gasteiger partial charge in [-0.1, -0.05) is 6.92 Å². The van der Waals surface area contributed by atoms with Crippen LogP contribution in [-0.2, 0) is 0 Å². The SMILES string of the molecule is CCCNC(c1cncc(OCC)c1)c1coc(C)c1. The Balaban J connectivity index is 2.28. The molecule has 0 aliphatic heterocycles. The Labute approximate surface area is 120 Å². The van der Waals surface area contributed by atoms with E-state index in [1.807, 2.05) is 26.1 Å². The van der Waals surface area contributed by atoms with E-state index in [2.05, 4.69) is 23.3 Å². The summed E-state index contributed by atoms with van der Waals surface area (Å²) in [4.78, 5) is 4.27. The molecule has 0 aliphatic carbocycles. The van der Waals surface area contributed by atoms with E-state index in [1.165, 1.54) is 0 Å². The first-order valence-electron chi connectivity index (χ1n) is 7.10. The number of rotatable bonds is 7. The highest BCUT2D eigenvalue weighted by atomic mass is 16.5. The summed E-state index contributed by atoms with van der Waals surface area (Å²) in [7, 11) is 0. The molecule has 2 aromatic rings. The van der Waals surface area contributed by atoms with Crippen LogP contribution in [-0.4, -0.2) is 18.1 Å². The summed E-state index contributed by atoms with van der Waals surface area (Å²) in [5, 5.41) is 3.53. The van der Waals surface area contributed by atoms with Gasteiger partial charge in [-0.3, -0.25) is 4.98 Å². The highest BCUT2D eigenvalue weighted by Crippen LogP contribution is 2.25. The molecule has 0 aromatic carbocycles. The standard InChI is InChI=1S/C16H22N2O2/c1-4-6-18-16(14-7-12(3)20-11-14)13-8-15(19-5-2)10-17-9-13/h7-11,16,18H,4-6H2,1-3H3. The molecule has 1 atom stereocenters. The lowest BCUT2D eigenvalue weighted by Crippen LogP contribution is -2.23. The van der Waals surface area contributed by atoms with Crippen LogP contribution in [0.5, 0.6) is 5.75 Å². The molecule has 0 amide bonds. The fourth-order valence-corrected chi connectivity index (χ4v) is 2.17. The van der Waals surface area contributed by atoms with Gasteiger partial charge in [-0.15, -0.1) is 0 Å². The van der Waals surface area contributed by atoms with Crippen molar-refractivity contribution in [2.24, 2.45) is 0 Å². The first-order chi connectivity index (χ1) is 9.74. The van der Waals surface area contributed by atoms with Crippen molar-refractivity contribution in [3.8, 4) is 5.75 Å². The van der Waals surface area contributed by atoms with E-state index in [1.54, 1.807) is 12.5 Å². The summed E-state index contributed by atoms with van der Waals surface area (Å²) in [6.07, 6.45) is 6.49. The molecular formula is C16H22N2O2. The maximum absolute atomic E-state index is 5.53. The van der Waals surface area contributed by atoms with Gasteiger partial charge in [-0.2, -0.15) is 0 Å². The van der Waals surface area contributed by atoms with Crippen molar-refractivity contribution in [1.82, 2.24) is 10.3 Å². The van der Waals surface area contributed by atoms with Gasteiger partial charge >= 0.3 is 0 Å². The molecule has 108 valence electrons. The highest BCUT2D eigenvalue weighted by Gasteiger charge is 2.16. The zero-order valence-electron chi connectivity index (χ0n) is 12.3. The topological polar surface area (TPSA) is 47.3 Å². The van der Waals surface area contributed by atoms with Crippen LogP contribution in [0.1, 0.15) is 43.2 Å². The quantitative estimate of drug-likeness (QED) is 0.839. The largest absolute Gasteiger partial charge is 0.492 e. The number of nitrogens with one attached hydrogen (secondary N) is 1. The molecule has 0 spiro atoms. The summed E-state index contributed by atoms with van der Waals surface area (Å²) in [5.41, 5.74) is 2.21. The number of aryl methyl sites for hydroxylation is 1. The molecule has 0 aliphatic rings. The van der Waals surface area contributed by atoms with E-state index < -0.39 is 0 Å². The molecule has 1 N–H and O–H groups in total. The van der Waals surface area contributed by atoms with Crippen LogP contribution in [0.2, 0.25) is 0 Å². The van der Waals surface area contributed by atoms with Gasteiger partial charge in [-0.25, -0.2) is 0 Å². The van der Waals surface area contributed by atoms with Gasteiger partial charge in [0.15, 0.2) is 0 Å². The van der Waals surface area contributed by atoms with Crippen molar-refractivity contribution in [2.45, 2.75) is 33.2 Å². The van der Waals surface area contributed by atoms with Gasteiger partial charge < -0.3 is 14.5 Å². The number of ether oxygens (including phenoxy) is 1. The second-order valence-corrected chi connectivity index (χ2v) is 4.76. The third-order valence-corrected chi connectivity index (χ3v) is 3.06. The van der Waals surface area contributed by atoms with E-state index in [9.17, 15) is 0 Å². The predicted octanol–water partition coefficient (Wildman–Crippen LogP) is 3.47. The minimum Gasteiger partial charge on any atom is -0.492 e. The van der Waals surface area contributed by atoms with E-state index in [0.29, 0.717) is 6.61 Å². The molecule has 4 nitrogen and oxygen atoms in total. The summed E-state index contributed by atoms with van der Waals surface area (Å²) in [6, 6.07) is 4.17. The number of pyridine rings is 1. The molecule has 0 bridgehead atoms. The maximum atomic E-state index is 5.53. The third-order valence-electron chi connectivity index (χ3n) is 3.06. The van der Waals surface area contributed by atoms with Crippen molar-refractivity contribution in [2.75, 3.05) is 13.2 Å². The van der Waals surface area contributed by atoms with Crippen LogP contribution in [0.25, 0.3) is 0 Å². The van der Waals surface area contributed by atoms with E-state index >= 15 is 0 Å². The van der Waals surface area contributed by atoms with Gasteiger partial charge in [-0.05, 0) is 44.5 Å². The van der Waals surface area contributed by atoms with Crippen molar-refractivity contribution in [3.63, 3.8) is 0 Å². The summed E-state index contributed by atoms with van der Waals surface area (Å²) >= 11 is 0. The fraction of sp³-hybridized carbons (Fsp3) is 0.438. The van der Waals surface area contributed by atoms with Gasteiger partial charge in [0.05, 0.1) is 25.1 Å². The zero-order chi connectivity index (χ0) is 14.4. The zero-order valence-corrected chi connectivity index (χ0v) is 12.3. The normalized spacial score (nSPS) is 12.3. The van der Waals surface area contributed by atoms with E-state index in [4.69, 9.17) is 9.15 Å². The molecule has 1 unspecified atom stereocenters. The molecule has 2 aromatic heterocycles. The Morgan fingerprint density at radius 3 is 2.75 bits per heavy atom. The second kappa shape index (κ2) is 7.10. The number of hydrogen-bond acceptors (Lipinski definition) is 4. The van der Waals surface area contributed by atoms with Crippen LogP contribution in [0.4, 0.5) is 0 Å². The first-order valence-corrected chi connectivity index (χ1v) is 7.10. The highest BCUT2D eigenvalue weighted by molar-refractivity contribution is 5.33. The molecule has 2 heterocycles. The molecule has 0 saturated carbocycles. The molecule has 2 rings (SSSR count). The predicted molar refractivity (Wildman–Crippen MR) is 79.0 cm³/mol. The molecule has 0 saturated heterocycles. The Morgan fingerprint density at radius 1 is 1.25 bits per heavy atom. The lowest BCUT2D eigenvalue weighted by atomic mass is 10.0. The summed E-state index contributed by atoms with van der Waals surface area (Å²) in [6.45, 7) is 7.66. The summed E-state index contributed by atoms with van der Waals surface area (Å²) in [5.74, 6) is 1.71. The summed E-state index contributed by atoms with van der Waals surface area (Å²) < 4.78 is 11.0. The van der Waals surface area contributed by atoms with Gasteiger partial charge in [0.1, 0.15) is 11.5 Å². The van der Waals surface area contributed by atoms with Crippen molar-refractivity contribution in [1.29, 1.82) is 0 Å². The lowest BCUT2D eigenvalue weighted by Gasteiger charge is -2.18. The van der Waals surface area contributed by atoms with Crippen LogP contribution < -0.4 is 10.1 Å². The number of aromatic nitrogens is 1. The van der Waals surface area contributed by atoms with E-state index in [0.717, 1.165) is 35.6 Å². The third kappa shape index (κ3) is 3.61. The van der Waals surface area contributed by atoms with Crippen molar-refractivity contribution >= 4 is 0 Å². The Hall–Kier alpha value is -1.81. The molecule has 0 radical (unpaired) electrons. The van der Waals surface area contributed by atoms with Crippen molar-refractivity contribution in [3.05, 3.63) is 47.7 Å². The average molecular weight is 274 g/mol. The maximum Gasteiger partial charge on any atom is 0.137 e. The number of hydrogen-bond donors (Lipinski definition) is 1. The lowest BCUT2D eigenvalue weighted by molar-refractivity contribution is 0.338. The van der Waals surface area contributed by atoms with Crippen LogP contribution >= 0.6 is 0 Å². The monoisotopic (exact) mass is 274 g/mol. The van der Waals surface area contributed by atoms with Crippen molar-refractivity contribution < 1.29 is 9.15 Å².